The number of hydrogen-bond donors (Lipinski definition) is 4. The van der Waals surface area contributed by atoms with Crippen LogP contribution in [0.4, 0.5) is 4.79 Å². The lowest BCUT2D eigenvalue weighted by atomic mass is 9.89. The van der Waals surface area contributed by atoms with E-state index in [-0.39, 0.29) is 18.1 Å². The number of rotatable bonds is 8. The summed E-state index contributed by atoms with van der Waals surface area (Å²) in [6.07, 6.45) is 2.56. The van der Waals surface area contributed by atoms with Crippen molar-refractivity contribution in [2.24, 2.45) is 5.41 Å². The lowest BCUT2D eigenvalue weighted by molar-refractivity contribution is 0.148. The van der Waals surface area contributed by atoms with E-state index in [0.717, 1.165) is 30.5 Å². The van der Waals surface area contributed by atoms with Crippen LogP contribution in [0.15, 0.2) is 24.3 Å². The van der Waals surface area contributed by atoms with Gasteiger partial charge in [-0.3, -0.25) is 0 Å². The number of urea groups is 1. The molecule has 0 bridgehead atoms. The molecule has 5 nitrogen and oxygen atoms in total. The van der Waals surface area contributed by atoms with Gasteiger partial charge in [0.05, 0.1) is 0 Å². The first-order valence-electron chi connectivity index (χ1n) is 8.62. The largest absolute Gasteiger partial charge is 0.396 e. The van der Waals surface area contributed by atoms with Gasteiger partial charge in [0.2, 0.25) is 0 Å². The monoisotopic (exact) mass is 331 g/mol. The number of hydrogen-bond acceptors (Lipinski definition) is 2. The summed E-state index contributed by atoms with van der Waals surface area (Å²) in [6.45, 7) is 7.52. The highest BCUT2D eigenvalue weighted by atomic mass is 16.3. The Morgan fingerprint density at radius 2 is 1.92 bits per heavy atom. The van der Waals surface area contributed by atoms with E-state index in [1.165, 1.54) is 10.9 Å². The van der Waals surface area contributed by atoms with Crippen molar-refractivity contribution in [2.75, 3.05) is 19.7 Å². The maximum Gasteiger partial charge on any atom is 0.314 e. The number of nitrogens with one attached hydrogen (secondary N) is 3. The summed E-state index contributed by atoms with van der Waals surface area (Å²) in [5.41, 5.74) is 3.48. The molecule has 2 rings (SSSR count). The molecule has 4 N–H and O–H groups in total. The molecule has 5 heteroatoms. The number of H-pyrrole nitrogens is 1. The predicted octanol–water partition coefficient (Wildman–Crippen LogP) is 3.12. The predicted molar refractivity (Wildman–Crippen MR) is 98.2 cm³/mol. The van der Waals surface area contributed by atoms with E-state index >= 15 is 0 Å². The fourth-order valence-electron chi connectivity index (χ4n) is 2.87. The summed E-state index contributed by atoms with van der Waals surface area (Å²) in [4.78, 5) is 15.2. The lowest BCUT2D eigenvalue weighted by Gasteiger charge is -2.21. The third-order valence-electron chi connectivity index (χ3n) is 4.43. The molecule has 0 aliphatic heterocycles. The van der Waals surface area contributed by atoms with Crippen LogP contribution >= 0.6 is 0 Å². The molecule has 0 saturated heterocycles. The van der Waals surface area contributed by atoms with Gasteiger partial charge in [0.1, 0.15) is 0 Å². The number of aryl methyl sites for hydroxylation is 1. The number of amides is 2. The number of fused-ring (bicyclic) bond motifs is 1. The zero-order chi connectivity index (χ0) is 17.6. The van der Waals surface area contributed by atoms with Gasteiger partial charge in [-0.15, -0.1) is 0 Å². The number of aromatic amines is 1. The van der Waals surface area contributed by atoms with Gasteiger partial charge in [-0.05, 0) is 43.2 Å². The highest BCUT2D eigenvalue weighted by molar-refractivity contribution is 5.84. The van der Waals surface area contributed by atoms with Crippen molar-refractivity contribution in [1.82, 2.24) is 15.6 Å². The van der Waals surface area contributed by atoms with Crippen LogP contribution in [0.25, 0.3) is 10.9 Å². The molecular weight excluding hydrogens is 302 g/mol. The molecule has 0 radical (unpaired) electrons. The summed E-state index contributed by atoms with van der Waals surface area (Å²) in [6, 6.07) is 8.10. The summed E-state index contributed by atoms with van der Waals surface area (Å²) >= 11 is 0. The van der Waals surface area contributed by atoms with E-state index in [1.807, 2.05) is 26.0 Å². The van der Waals surface area contributed by atoms with Crippen molar-refractivity contribution < 1.29 is 9.90 Å². The van der Waals surface area contributed by atoms with Crippen LogP contribution in [0, 0.1) is 12.3 Å². The standard InChI is InChI=1S/C19H29N3O2/c1-14-15(16-7-4-5-8-17(16)22-14)9-12-21-18(24)20-11-6-10-19(2,3)13-23/h4-5,7-8,22-23H,6,9-13H2,1-3H3,(H2,20,21,24). The molecule has 0 aliphatic rings. The van der Waals surface area contributed by atoms with Crippen molar-refractivity contribution in [1.29, 1.82) is 0 Å². The molecule has 0 saturated carbocycles. The van der Waals surface area contributed by atoms with E-state index < -0.39 is 0 Å². The second kappa shape index (κ2) is 8.20. The normalized spacial score (nSPS) is 11.7. The van der Waals surface area contributed by atoms with Crippen LogP contribution in [0.2, 0.25) is 0 Å². The van der Waals surface area contributed by atoms with E-state index in [2.05, 4.69) is 34.7 Å². The molecule has 132 valence electrons. The van der Waals surface area contributed by atoms with E-state index in [4.69, 9.17) is 0 Å². The molecule has 0 fully saturated rings. The molecule has 0 spiro atoms. The molecule has 24 heavy (non-hydrogen) atoms. The Kier molecular flexibility index (Phi) is 6.26. The minimum atomic E-state index is -0.130. The summed E-state index contributed by atoms with van der Waals surface area (Å²) in [7, 11) is 0. The van der Waals surface area contributed by atoms with Gasteiger partial charge in [0, 0.05) is 36.3 Å². The summed E-state index contributed by atoms with van der Waals surface area (Å²) < 4.78 is 0. The maximum atomic E-state index is 11.8. The number of carbonyl (C=O) groups excluding carboxylic acids is 1. The lowest BCUT2D eigenvalue weighted by Crippen LogP contribution is -2.37. The Morgan fingerprint density at radius 1 is 1.21 bits per heavy atom. The van der Waals surface area contributed by atoms with Crippen molar-refractivity contribution in [3.8, 4) is 0 Å². The third-order valence-corrected chi connectivity index (χ3v) is 4.43. The Hall–Kier alpha value is -2.01. The van der Waals surface area contributed by atoms with E-state index in [9.17, 15) is 9.90 Å². The average Bonchev–Trinajstić information content (AvgIpc) is 2.87. The molecular formula is C19H29N3O2. The SMILES string of the molecule is Cc1[nH]c2ccccc2c1CCNC(=O)NCCCC(C)(C)CO. The smallest absolute Gasteiger partial charge is 0.314 e. The van der Waals surface area contributed by atoms with Gasteiger partial charge < -0.3 is 20.7 Å². The number of aliphatic hydroxyl groups excluding tert-OH is 1. The number of benzene rings is 1. The minimum absolute atomic E-state index is 0.0784. The Labute approximate surface area is 143 Å². The topological polar surface area (TPSA) is 77.2 Å². The molecule has 2 aromatic rings. The molecule has 0 atom stereocenters. The Balaban J connectivity index is 1.72. The van der Waals surface area contributed by atoms with Crippen molar-refractivity contribution in [3.63, 3.8) is 0 Å². The van der Waals surface area contributed by atoms with E-state index in [1.54, 1.807) is 0 Å². The number of aromatic nitrogens is 1. The second-order valence-electron chi connectivity index (χ2n) is 7.13. The zero-order valence-electron chi connectivity index (χ0n) is 14.9. The number of carbonyl (C=O) groups is 1. The first-order valence-corrected chi connectivity index (χ1v) is 8.62. The third kappa shape index (κ3) is 4.99. The highest BCUT2D eigenvalue weighted by Crippen LogP contribution is 2.22. The molecule has 0 unspecified atom stereocenters. The van der Waals surface area contributed by atoms with Gasteiger partial charge >= 0.3 is 6.03 Å². The van der Waals surface area contributed by atoms with Crippen LogP contribution in [-0.4, -0.2) is 35.8 Å². The Bertz CT molecular complexity index is 676. The summed E-state index contributed by atoms with van der Waals surface area (Å²) in [5.74, 6) is 0. The van der Waals surface area contributed by atoms with Crippen molar-refractivity contribution in [3.05, 3.63) is 35.5 Å². The molecule has 1 heterocycles. The number of aliphatic hydroxyl groups is 1. The average molecular weight is 331 g/mol. The zero-order valence-corrected chi connectivity index (χ0v) is 14.9. The molecule has 0 aliphatic carbocycles. The van der Waals surface area contributed by atoms with Crippen LogP contribution < -0.4 is 10.6 Å². The van der Waals surface area contributed by atoms with Crippen LogP contribution in [-0.2, 0) is 6.42 Å². The van der Waals surface area contributed by atoms with Gasteiger partial charge in [-0.2, -0.15) is 0 Å². The number of para-hydroxylation sites is 1. The first-order chi connectivity index (χ1) is 11.4. The van der Waals surface area contributed by atoms with Gasteiger partial charge in [-0.25, -0.2) is 4.79 Å². The highest BCUT2D eigenvalue weighted by Gasteiger charge is 2.15. The van der Waals surface area contributed by atoms with Gasteiger partial charge in [-0.1, -0.05) is 32.0 Å². The Morgan fingerprint density at radius 3 is 2.67 bits per heavy atom. The molecule has 2 amide bonds. The van der Waals surface area contributed by atoms with Gasteiger partial charge in [0.25, 0.3) is 0 Å². The van der Waals surface area contributed by atoms with Crippen molar-refractivity contribution >= 4 is 16.9 Å². The maximum absolute atomic E-state index is 11.8. The van der Waals surface area contributed by atoms with Crippen molar-refractivity contribution in [2.45, 2.75) is 40.0 Å². The second-order valence-corrected chi connectivity index (χ2v) is 7.13. The first kappa shape index (κ1) is 18.3. The van der Waals surface area contributed by atoms with E-state index in [0.29, 0.717) is 13.1 Å². The summed E-state index contributed by atoms with van der Waals surface area (Å²) in [5, 5.41) is 16.2. The molecule has 1 aromatic carbocycles. The molecule has 1 aromatic heterocycles. The quantitative estimate of drug-likeness (QED) is 0.561. The minimum Gasteiger partial charge on any atom is -0.396 e. The van der Waals surface area contributed by atoms with Crippen LogP contribution in [0.5, 0.6) is 0 Å². The van der Waals surface area contributed by atoms with Crippen LogP contribution in [0.3, 0.4) is 0 Å². The fraction of sp³-hybridized carbons (Fsp3) is 0.526. The van der Waals surface area contributed by atoms with Gasteiger partial charge in [0.15, 0.2) is 0 Å². The fourth-order valence-corrected chi connectivity index (χ4v) is 2.87. The van der Waals surface area contributed by atoms with Crippen LogP contribution in [0.1, 0.15) is 37.9 Å².